The second-order valence-electron chi connectivity index (χ2n) is 8.58. The molecule has 2 aliphatic rings. The van der Waals surface area contributed by atoms with Gasteiger partial charge in [0.15, 0.2) is 6.23 Å². The van der Waals surface area contributed by atoms with Crippen molar-refractivity contribution in [3.63, 3.8) is 0 Å². The Hall–Kier alpha value is -3.69. The van der Waals surface area contributed by atoms with Crippen molar-refractivity contribution in [1.29, 1.82) is 0 Å². The van der Waals surface area contributed by atoms with E-state index in [1.54, 1.807) is 22.1 Å². The minimum absolute atomic E-state index is 0.00916. The number of hydrogen-bond acceptors (Lipinski definition) is 5. The molecule has 1 saturated heterocycles. The Bertz CT molecular complexity index is 1410. The van der Waals surface area contributed by atoms with Crippen LogP contribution in [-0.4, -0.2) is 39.6 Å². The monoisotopic (exact) mass is 532 g/mol. The van der Waals surface area contributed by atoms with Crippen molar-refractivity contribution in [3.05, 3.63) is 88.4 Å². The molecule has 6 rings (SSSR count). The lowest BCUT2D eigenvalue weighted by Crippen LogP contribution is -2.30. The van der Waals surface area contributed by atoms with E-state index in [4.69, 9.17) is 14.3 Å². The van der Waals surface area contributed by atoms with Gasteiger partial charge in [-0.05, 0) is 53.9 Å². The number of nitrogens with zero attached hydrogens (tertiary/aromatic N) is 3. The lowest BCUT2D eigenvalue weighted by molar-refractivity contribution is -0.128. The molecule has 4 heterocycles. The third-order valence-electron chi connectivity index (χ3n) is 6.30. The minimum Gasteiger partial charge on any atom is -0.472 e. The van der Waals surface area contributed by atoms with Gasteiger partial charge in [-0.3, -0.25) is 9.59 Å². The van der Waals surface area contributed by atoms with Crippen LogP contribution in [0.4, 0.5) is 5.69 Å². The van der Waals surface area contributed by atoms with Crippen molar-refractivity contribution in [2.75, 3.05) is 18.5 Å². The fourth-order valence-corrected chi connectivity index (χ4v) is 4.82. The maximum absolute atomic E-state index is 12.8. The van der Waals surface area contributed by atoms with Crippen LogP contribution in [-0.2, 0) is 27.2 Å². The highest BCUT2D eigenvalue weighted by atomic mass is 79.9. The molecule has 0 saturated carbocycles. The van der Waals surface area contributed by atoms with Crippen molar-refractivity contribution in [3.8, 4) is 16.9 Å². The van der Waals surface area contributed by atoms with Crippen LogP contribution in [0.3, 0.4) is 0 Å². The van der Waals surface area contributed by atoms with Crippen LogP contribution in [0.1, 0.15) is 22.9 Å². The van der Waals surface area contributed by atoms with E-state index in [0.29, 0.717) is 25.1 Å². The molecule has 176 valence electrons. The molecule has 1 N–H and O–H groups in total. The van der Waals surface area contributed by atoms with E-state index in [2.05, 4.69) is 21.2 Å². The zero-order chi connectivity index (χ0) is 23.9. The van der Waals surface area contributed by atoms with Crippen LogP contribution in [0.15, 0.2) is 76.1 Å². The molecule has 35 heavy (non-hydrogen) atoms. The fourth-order valence-electron chi connectivity index (χ4n) is 4.56. The largest absolute Gasteiger partial charge is 0.472 e. The third kappa shape index (κ3) is 4.17. The van der Waals surface area contributed by atoms with Gasteiger partial charge in [0, 0.05) is 34.0 Å². The zero-order valence-corrected chi connectivity index (χ0v) is 20.2. The number of furan rings is 1. The minimum atomic E-state index is -0.561. The van der Waals surface area contributed by atoms with Gasteiger partial charge in [0.1, 0.15) is 12.3 Å². The molecule has 0 radical (unpaired) electrons. The first kappa shape index (κ1) is 21.8. The molecule has 2 aliphatic heterocycles. The summed E-state index contributed by atoms with van der Waals surface area (Å²) in [7, 11) is 0. The Morgan fingerprint density at radius 3 is 2.77 bits per heavy atom. The highest BCUT2D eigenvalue weighted by Crippen LogP contribution is 2.36. The van der Waals surface area contributed by atoms with Crippen molar-refractivity contribution < 1.29 is 18.7 Å². The molecular weight excluding hydrogens is 512 g/mol. The summed E-state index contributed by atoms with van der Waals surface area (Å²) in [4.78, 5) is 26.2. The average Bonchev–Trinajstić information content (AvgIpc) is 3.63. The number of rotatable bonds is 6. The molecule has 0 unspecified atom stereocenters. The molecule has 2 amide bonds. The quantitative estimate of drug-likeness (QED) is 0.395. The first-order valence-electron chi connectivity index (χ1n) is 11.3. The molecule has 2 aromatic carbocycles. The Balaban J connectivity index is 1.30. The highest BCUT2D eigenvalue weighted by molar-refractivity contribution is 9.10. The molecule has 8 nitrogen and oxygen atoms in total. The summed E-state index contributed by atoms with van der Waals surface area (Å²) in [6.07, 6.45) is 5.63. The average molecular weight is 533 g/mol. The third-order valence-corrected chi connectivity index (χ3v) is 6.83. The first-order valence-corrected chi connectivity index (χ1v) is 12.1. The summed E-state index contributed by atoms with van der Waals surface area (Å²) in [6.45, 7) is 0.500. The van der Waals surface area contributed by atoms with Crippen LogP contribution < -0.4 is 5.32 Å². The molecule has 9 heteroatoms. The number of amides is 2. The van der Waals surface area contributed by atoms with Gasteiger partial charge < -0.3 is 19.4 Å². The van der Waals surface area contributed by atoms with Gasteiger partial charge in [-0.2, -0.15) is 5.10 Å². The van der Waals surface area contributed by atoms with E-state index in [0.717, 1.165) is 38.1 Å². The molecule has 0 aliphatic carbocycles. The number of carbonyl (C=O) groups excluding carboxylic acids is 2. The van der Waals surface area contributed by atoms with E-state index >= 15 is 0 Å². The number of aromatic nitrogens is 2. The van der Waals surface area contributed by atoms with E-state index in [1.807, 2.05) is 54.7 Å². The fraction of sp³-hybridized carbons (Fsp3) is 0.192. The number of anilines is 1. The Labute approximate surface area is 209 Å². The number of benzene rings is 2. The van der Waals surface area contributed by atoms with Crippen molar-refractivity contribution >= 4 is 33.4 Å². The molecule has 4 aromatic rings. The topological polar surface area (TPSA) is 89.6 Å². The van der Waals surface area contributed by atoms with E-state index in [9.17, 15) is 9.59 Å². The normalized spacial score (nSPS) is 17.2. The molecule has 0 spiro atoms. The zero-order valence-electron chi connectivity index (χ0n) is 18.6. The van der Waals surface area contributed by atoms with Gasteiger partial charge in [0.2, 0.25) is 5.91 Å². The summed E-state index contributed by atoms with van der Waals surface area (Å²) in [5, 5.41) is 7.66. The number of fused-ring (bicyclic) bond motifs is 1. The predicted octanol–water partition coefficient (Wildman–Crippen LogP) is 4.49. The Morgan fingerprint density at radius 2 is 1.97 bits per heavy atom. The Morgan fingerprint density at radius 1 is 1.11 bits per heavy atom. The maximum atomic E-state index is 12.8. The van der Waals surface area contributed by atoms with Crippen LogP contribution in [0.2, 0.25) is 0 Å². The maximum Gasteiger partial charge on any atom is 0.250 e. The van der Waals surface area contributed by atoms with Crippen molar-refractivity contribution in [2.24, 2.45) is 0 Å². The van der Waals surface area contributed by atoms with Gasteiger partial charge in [0.05, 0.1) is 24.6 Å². The second-order valence-corrected chi connectivity index (χ2v) is 9.50. The number of hydrogen-bond donors (Lipinski definition) is 1. The molecule has 1 fully saturated rings. The smallest absolute Gasteiger partial charge is 0.250 e. The molecular formula is C26H21BrN4O4. The van der Waals surface area contributed by atoms with Gasteiger partial charge in [-0.15, -0.1) is 0 Å². The first-order chi connectivity index (χ1) is 17.0. The van der Waals surface area contributed by atoms with Gasteiger partial charge in [0.25, 0.3) is 5.91 Å². The van der Waals surface area contributed by atoms with Crippen LogP contribution in [0.5, 0.6) is 0 Å². The lowest BCUT2D eigenvalue weighted by atomic mass is 10.1. The van der Waals surface area contributed by atoms with Crippen LogP contribution in [0.25, 0.3) is 16.9 Å². The molecule has 1 atom stereocenters. The predicted molar refractivity (Wildman–Crippen MR) is 132 cm³/mol. The van der Waals surface area contributed by atoms with E-state index < -0.39 is 6.23 Å². The summed E-state index contributed by atoms with van der Waals surface area (Å²) >= 11 is 3.47. The summed E-state index contributed by atoms with van der Waals surface area (Å²) in [6, 6.07) is 15.6. The Kier molecular flexibility index (Phi) is 5.50. The van der Waals surface area contributed by atoms with Gasteiger partial charge >= 0.3 is 0 Å². The lowest BCUT2D eigenvalue weighted by Gasteiger charge is -2.23. The van der Waals surface area contributed by atoms with E-state index in [-0.39, 0.29) is 18.4 Å². The van der Waals surface area contributed by atoms with Crippen LogP contribution >= 0.6 is 15.9 Å². The summed E-state index contributed by atoms with van der Waals surface area (Å²) < 4.78 is 14.1. The number of nitrogens with one attached hydrogen (secondary N) is 1. The summed E-state index contributed by atoms with van der Waals surface area (Å²) in [5.41, 5.74) is 6.13. The van der Waals surface area contributed by atoms with E-state index in [1.165, 1.54) is 0 Å². The van der Waals surface area contributed by atoms with Crippen molar-refractivity contribution in [1.82, 2.24) is 14.7 Å². The SMILES string of the molecule is O=C1Cc2cc(CCN3C(=O)CO[C@@H]3c3cn(-c4ccc(Br)cc4)nc3-c3ccoc3)ccc2N1. The summed E-state index contributed by atoms with van der Waals surface area (Å²) in [5.74, 6) is -0.0579. The number of halogens is 1. The van der Waals surface area contributed by atoms with Gasteiger partial charge in [-0.25, -0.2) is 4.68 Å². The number of ether oxygens (including phenoxy) is 1. The highest BCUT2D eigenvalue weighted by Gasteiger charge is 2.36. The second kappa shape index (κ2) is 8.83. The van der Waals surface area contributed by atoms with Crippen molar-refractivity contribution in [2.45, 2.75) is 19.1 Å². The standard InChI is InChI=1S/C26H21BrN4O4/c27-19-2-4-20(5-3-19)31-13-21(25(29-31)17-8-10-34-14-17)26-30(24(33)15-35-26)9-7-16-1-6-22-18(11-16)12-23(32)28-22/h1-6,8,10-11,13-14,26H,7,9,12,15H2,(H,28,32)/t26-/m1/s1. The molecule has 2 aromatic heterocycles. The number of carbonyl (C=O) groups is 2. The molecule has 0 bridgehead atoms. The van der Waals surface area contributed by atoms with Gasteiger partial charge in [-0.1, -0.05) is 28.1 Å². The van der Waals surface area contributed by atoms with Crippen LogP contribution in [0, 0.1) is 0 Å².